The lowest BCUT2D eigenvalue weighted by molar-refractivity contribution is 0.146. The molecule has 0 heterocycles. The quantitative estimate of drug-likeness (QED) is 0.736. The fourth-order valence-corrected chi connectivity index (χ4v) is 1.86. The highest BCUT2D eigenvalue weighted by Gasteiger charge is 2.23. The topological polar surface area (TPSA) is 29.3 Å². The molecule has 0 saturated heterocycles. The summed E-state index contributed by atoms with van der Waals surface area (Å²) in [6, 6.07) is 0.552. The van der Waals surface area contributed by atoms with E-state index >= 15 is 0 Å². The number of nitrogens with two attached hydrogens (primary N) is 1. The Morgan fingerprint density at radius 3 is 2.00 bits per heavy atom. The highest BCUT2D eigenvalue weighted by atomic mass is 15.1. The van der Waals surface area contributed by atoms with Gasteiger partial charge in [-0.15, -0.1) is 0 Å². The van der Waals surface area contributed by atoms with Gasteiger partial charge in [-0.2, -0.15) is 0 Å². The molecule has 0 aromatic rings. The van der Waals surface area contributed by atoms with Crippen LogP contribution in [0.4, 0.5) is 0 Å². The van der Waals surface area contributed by atoms with Crippen molar-refractivity contribution in [3.05, 3.63) is 0 Å². The van der Waals surface area contributed by atoms with Crippen molar-refractivity contribution in [3.63, 3.8) is 0 Å². The second kappa shape index (κ2) is 5.31. The first-order valence-corrected chi connectivity index (χ1v) is 6.06. The number of hydrogen-bond acceptors (Lipinski definition) is 2. The highest BCUT2D eigenvalue weighted by Crippen LogP contribution is 2.23. The molecule has 0 spiro atoms. The molecule has 0 aromatic heterocycles. The SMILES string of the molecule is CCC(C)(C)CN(C)C(C)CC(C)(C)N. The summed E-state index contributed by atoms with van der Waals surface area (Å²) >= 11 is 0. The van der Waals surface area contributed by atoms with E-state index in [9.17, 15) is 0 Å². The van der Waals surface area contributed by atoms with E-state index in [1.54, 1.807) is 0 Å². The maximum atomic E-state index is 6.04. The van der Waals surface area contributed by atoms with Crippen molar-refractivity contribution in [1.82, 2.24) is 4.90 Å². The van der Waals surface area contributed by atoms with Gasteiger partial charge in [0.05, 0.1) is 0 Å². The molecule has 0 rings (SSSR count). The van der Waals surface area contributed by atoms with Crippen LogP contribution in [0, 0.1) is 5.41 Å². The summed E-state index contributed by atoms with van der Waals surface area (Å²) in [5.74, 6) is 0. The Balaban J connectivity index is 4.16. The first-order chi connectivity index (χ1) is 6.57. The Labute approximate surface area is 96.2 Å². The maximum Gasteiger partial charge on any atom is 0.0112 e. The van der Waals surface area contributed by atoms with E-state index in [1.165, 1.54) is 6.42 Å². The zero-order chi connectivity index (χ0) is 12.3. The summed E-state index contributed by atoms with van der Waals surface area (Å²) in [7, 11) is 2.20. The van der Waals surface area contributed by atoms with Gasteiger partial charge in [0.2, 0.25) is 0 Å². The average molecular weight is 214 g/mol. The monoisotopic (exact) mass is 214 g/mol. The molecule has 15 heavy (non-hydrogen) atoms. The maximum absolute atomic E-state index is 6.04. The van der Waals surface area contributed by atoms with Crippen LogP contribution >= 0.6 is 0 Å². The van der Waals surface area contributed by atoms with Crippen molar-refractivity contribution in [1.29, 1.82) is 0 Å². The van der Waals surface area contributed by atoms with E-state index in [4.69, 9.17) is 5.73 Å². The Morgan fingerprint density at radius 2 is 1.67 bits per heavy atom. The molecule has 0 saturated carbocycles. The molecule has 2 nitrogen and oxygen atoms in total. The number of hydrogen-bond donors (Lipinski definition) is 1. The minimum atomic E-state index is -0.0654. The Kier molecular flexibility index (Phi) is 5.28. The van der Waals surface area contributed by atoms with Crippen molar-refractivity contribution in [3.8, 4) is 0 Å². The molecule has 1 atom stereocenters. The normalized spacial score (nSPS) is 15.8. The molecule has 0 aliphatic heterocycles. The third-order valence-electron chi connectivity index (χ3n) is 3.21. The lowest BCUT2D eigenvalue weighted by atomic mass is 9.88. The predicted molar refractivity (Wildman–Crippen MR) is 69.0 cm³/mol. The smallest absolute Gasteiger partial charge is 0.0112 e. The van der Waals surface area contributed by atoms with Gasteiger partial charge in [0, 0.05) is 18.1 Å². The van der Waals surface area contributed by atoms with Gasteiger partial charge in [-0.1, -0.05) is 20.8 Å². The Bertz CT molecular complexity index is 179. The summed E-state index contributed by atoms with van der Waals surface area (Å²) in [5, 5.41) is 0. The van der Waals surface area contributed by atoms with Crippen LogP contribution in [0.5, 0.6) is 0 Å². The van der Waals surface area contributed by atoms with Gasteiger partial charge < -0.3 is 10.6 Å². The van der Waals surface area contributed by atoms with E-state index in [-0.39, 0.29) is 5.54 Å². The van der Waals surface area contributed by atoms with E-state index < -0.39 is 0 Å². The second-order valence-corrected chi connectivity index (χ2v) is 6.47. The standard InChI is InChI=1S/C13H30N2/c1-8-12(3,4)10-15(7)11(2)9-13(5,6)14/h11H,8-10,14H2,1-7H3. The van der Waals surface area contributed by atoms with Crippen molar-refractivity contribution in [2.24, 2.45) is 11.1 Å². The summed E-state index contributed by atoms with van der Waals surface area (Å²) in [5.41, 5.74) is 6.38. The third kappa shape index (κ3) is 6.91. The fraction of sp³-hybridized carbons (Fsp3) is 1.00. The van der Waals surface area contributed by atoms with Crippen molar-refractivity contribution >= 4 is 0 Å². The molecule has 0 aromatic carbocycles. The minimum Gasteiger partial charge on any atom is -0.326 e. The Morgan fingerprint density at radius 1 is 1.20 bits per heavy atom. The van der Waals surface area contributed by atoms with Crippen LogP contribution in [0.25, 0.3) is 0 Å². The predicted octanol–water partition coefficient (Wildman–Crippen LogP) is 2.87. The lowest BCUT2D eigenvalue weighted by Gasteiger charge is -2.35. The number of rotatable bonds is 6. The van der Waals surface area contributed by atoms with Gasteiger partial charge in [0.25, 0.3) is 0 Å². The van der Waals surface area contributed by atoms with Gasteiger partial charge >= 0.3 is 0 Å². The van der Waals surface area contributed by atoms with Crippen LogP contribution < -0.4 is 5.73 Å². The first-order valence-electron chi connectivity index (χ1n) is 6.06. The lowest BCUT2D eigenvalue weighted by Crippen LogP contribution is -2.44. The summed E-state index contributed by atoms with van der Waals surface area (Å²) in [6.45, 7) is 14.5. The Hall–Kier alpha value is -0.0800. The minimum absolute atomic E-state index is 0.0654. The van der Waals surface area contributed by atoms with Crippen molar-refractivity contribution in [2.45, 2.75) is 66.0 Å². The van der Waals surface area contributed by atoms with E-state index in [2.05, 4.69) is 53.5 Å². The largest absolute Gasteiger partial charge is 0.326 e. The van der Waals surface area contributed by atoms with Gasteiger partial charge in [-0.05, 0) is 46.1 Å². The summed E-state index contributed by atoms with van der Waals surface area (Å²) in [4.78, 5) is 2.43. The zero-order valence-electron chi connectivity index (χ0n) is 11.7. The molecule has 2 heteroatoms. The van der Waals surface area contributed by atoms with Crippen molar-refractivity contribution < 1.29 is 0 Å². The molecular weight excluding hydrogens is 184 g/mol. The van der Waals surface area contributed by atoms with Gasteiger partial charge in [-0.25, -0.2) is 0 Å². The zero-order valence-corrected chi connectivity index (χ0v) is 11.7. The van der Waals surface area contributed by atoms with Crippen LogP contribution in [0.2, 0.25) is 0 Å². The van der Waals surface area contributed by atoms with Crippen molar-refractivity contribution in [2.75, 3.05) is 13.6 Å². The molecule has 0 fully saturated rings. The molecule has 1 unspecified atom stereocenters. The van der Waals surface area contributed by atoms with Crippen LogP contribution in [-0.2, 0) is 0 Å². The fourth-order valence-electron chi connectivity index (χ4n) is 1.86. The molecule has 0 bridgehead atoms. The van der Waals surface area contributed by atoms with Crippen LogP contribution in [0.1, 0.15) is 54.4 Å². The van der Waals surface area contributed by atoms with E-state index in [1.807, 2.05) is 0 Å². The van der Waals surface area contributed by atoms with Gasteiger partial charge in [0.1, 0.15) is 0 Å². The van der Waals surface area contributed by atoms with Gasteiger partial charge in [-0.3, -0.25) is 0 Å². The van der Waals surface area contributed by atoms with E-state index in [0.29, 0.717) is 11.5 Å². The highest BCUT2D eigenvalue weighted by molar-refractivity contribution is 4.81. The van der Waals surface area contributed by atoms with Gasteiger partial charge in [0.15, 0.2) is 0 Å². The summed E-state index contributed by atoms with van der Waals surface area (Å²) in [6.07, 6.45) is 2.26. The van der Waals surface area contributed by atoms with Crippen LogP contribution in [0.3, 0.4) is 0 Å². The summed E-state index contributed by atoms with van der Waals surface area (Å²) < 4.78 is 0. The second-order valence-electron chi connectivity index (χ2n) is 6.47. The molecule has 0 amide bonds. The number of nitrogens with zero attached hydrogens (tertiary/aromatic N) is 1. The van der Waals surface area contributed by atoms with E-state index in [0.717, 1.165) is 13.0 Å². The average Bonchev–Trinajstić information content (AvgIpc) is 2.00. The molecule has 0 aliphatic carbocycles. The van der Waals surface area contributed by atoms with Crippen LogP contribution in [0.15, 0.2) is 0 Å². The molecule has 2 N–H and O–H groups in total. The molecule has 0 radical (unpaired) electrons. The third-order valence-corrected chi connectivity index (χ3v) is 3.21. The van der Waals surface area contributed by atoms with Crippen LogP contribution in [-0.4, -0.2) is 30.1 Å². The molecular formula is C13H30N2. The first kappa shape index (κ1) is 14.9. The molecule has 92 valence electrons. The molecule has 0 aliphatic rings.